The molecule has 0 amide bonds. The third kappa shape index (κ3) is 2.43. The summed E-state index contributed by atoms with van der Waals surface area (Å²) in [7, 11) is 0. The van der Waals surface area contributed by atoms with Gasteiger partial charge < -0.3 is 10.7 Å². The van der Waals surface area contributed by atoms with Gasteiger partial charge in [0.05, 0.1) is 5.56 Å². The van der Waals surface area contributed by atoms with Gasteiger partial charge in [0.1, 0.15) is 17.5 Å². The molecule has 0 aliphatic rings. The summed E-state index contributed by atoms with van der Waals surface area (Å²) in [6.45, 7) is 5.67. The maximum Gasteiger partial charge on any atom is 0.256 e. The molecule has 20 heavy (non-hydrogen) atoms. The van der Waals surface area contributed by atoms with Crippen LogP contribution in [-0.2, 0) is 11.8 Å². The van der Waals surface area contributed by atoms with Crippen LogP contribution in [0.15, 0.2) is 29.1 Å². The molecule has 5 heteroatoms. The zero-order chi connectivity index (χ0) is 14.9. The predicted octanol–water partition coefficient (Wildman–Crippen LogP) is 2.38. The summed E-state index contributed by atoms with van der Waals surface area (Å²) in [6, 6.07) is 6.14. The van der Waals surface area contributed by atoms with E-state index in [1.54, 1.807) is 12.1 Å². The van der Waals surface area contributed by atoms with E-state index in [1.165, 1.54) is 12.1 Å². The molecule has 4 nitrogen and oxygen atoms in total. The zero-order valence-electron chi connectivity index (χ0n) is 11.8. The Labute approximate surface area is 116 Å². The second-order valence-electron chi connectivity index (χ2n) is 5.26. The summed E-state index contributed by atoms with van der Waals surface area (Å²) in [5.41, 5.74) is 6.40. The molecular weight excluding hydrogens is 257 g/mol. The van der Waals surface area contributed by atoms with Crippen molar-refractivity contribution in [1.29, 1.82) is 0 Å². The van der Waals surface area contributed by atoms with Gasteiger partial charge in [0.15, 0.2) is 0 Å². The number of halogens is 1. The molecule has 1 heterocycles. The average Bonchev–Trinajstić information content (AvgIpc) is 2.38. The lowest BCUT2D eigenvalue weighted by molar-refractivity contribution is 0.580. The highest BCUT2D eigenvalue weighted by molar-refractivity contribution is 5.40. The van der Waals surface area contributed by atoms with Crippen molar-refractivity contribution in [1.82, 2.24) is 9.97 Å². The smallest absolute Gasteiger partial charge is 0.256 e. The Morgan fingerprint density at radius 3 is 2.40 bits per heavy atom. The second kappa shape index (κ2) is 5.07. The van der Waals surface area contributed by atoms with Crippen molar-refractivity contribution in [2.75, 3.05) is 5.73 Å². The number of aromatic amines is 1. The molecule has 0 atom stereocenters. The van der Waals surface area contributed by atoms with Crippen LogP contribution in [-0.4, -0.2) is 9.97 Å². The van der Waals surface area contributed by atoms with Gasteiger partial charge in [-0.15, -0.1) is 0 Å². The quantitative estimate of drug-likeness (QED) is 0.903. The SMILES string of the molecule is CCc1c(N)nc(C(C)(C)c2ccc(F)cc2)[nH]c1=O. The summed E-state index contributed by atoms with van der Waals surface area (Å²) in [6.07, 6.45) is 0.533. The number of hydrogen-bond donors (Lipinski definition) is 2. The first-order valence-electron chi connectivity index (χ1n) is 6.51. The van der Waals surface area contributed by atoms with Gasteiger partial charge in [-0.2, -0.15) is 0 Å². The van der Waals surface area contributed by atoms with E-state index in [2.05, 4.69) is 9.97 Å². The highest BCUT2D eigenvalue weighted by Gasteiger charge is 2.27. The number of nitrogens with two attached hydrogens (primary N) is 1. The Bertz CT molecular complexity index is 675. The van der Waals surface area contributed by atoms with Crippen LogP contribution in [0.5, 0.6) is 0 Å². The van der Waals surface area contributed by atoms with Crippen LogP contribution in [0.4, 0.5) is 10.2 Å². The van der Waals surface area contributed by atoms with E-state index in [9.17, 15) is 9.18 Å². The molecule has 0 radical (unpaired) electrons. The van der Waals surface area contributed by atoms with E-state index in [0.717, 1.165) is 5.56 Å². The summed E-state index contributed by atoms with van der Waals surface area (Å²) in [5, 5.41) is 0. The fourth-order valence-corrected chi connectivity index (χ4v) is 2.16. The minimum Gasteiger partial charge on any atom is -0.383 e. The lowest BCUT2D eigenvalue weighted by Crippen LogP contribution is -2.28. The first-order valence-corrected chi connectivity index (χ1v) is 6.51. The molecule has 0 saturated heterocycles. The number of nitrogens with one attached hydrogen (secondary N) is 1. The number of nitrogen functional groups attached to an aromatic ring is 1. The number of aromatic nitrogens is 2. The zero-order valence-corrected chi connectivity index (χ0v) is 11.8. The van der Waals surface area contributed by atoms with Gasteiger partial charge in [-0.1, -0.05) is 19.1 Å². The van der Waals surface area contributed by atoms with Crippen molar-refractivity contribution < 1.29 is 4.39 Å². The third-order valence-corrected chi connectivity index (χ3v) is 3.56. The first kappa shape index (κ1) is 14.2. The minimum absolute atomic E-state index is 0.217. The van der Waals surface area contributed by atoms with Gasteiger partial charge in [-0.05, 0) is 38.0 Å². The Hall–Kier alpha value is -2.17. The first-order chi connectivity index (χ1) is 9.36. The third-order valence-electron chi connectivity index (χ3n) is 3.56. The molecule has 1 aromatic carbocycles. The van der Waals surface area contributed by atoms with E-state index in [1.807, 2.05) is 20.8 Å². The van der Waals surface area contributed by atoms with E-state index < -0.39 is 5.41 Å². The van der Waals surface area contributed by atoms with Crippen molar-refractivity contribution in [3.8, 4) is 0 Å². The molecule has 0 bridgehead atoms. The van der Waals surface area contributed by atoms with E-state index in [-0.39, 0.29) is 17.2 Å². The highest BCUT2D eigenvalue weighted by Crippen LogP contribution is 2.29. The van der Waals surface area contributed by atoms with Gasteiger partial charge in [0, 0.05) is 5.41 Å². The van der Waals surface area contributed by atoms with Crippen molar-refractivity contribution in [2.24, 2.45) is 0 Å². The van der Waals surface area contributed by atoms with Gasteiger partial charge in [-0.3, -0.25) is 4.79 Å². The normalized spacial score (nSPS) is 11.6. The van der Waals surface area contributed by atoms with Crippen LogP contribution in [0.2, 0.25) is 0 Å². The number of rotatable bonds is 3. The fraction of sp³-hybridized carbons (Fsp3) is 0.333. The fourth-order valence-electron chi connectivity index (χ4n) is 2.16. The van der Waals surface area contributed by atoms with Crippen molar-refractivity contribution >= 4 is 5.82 Å². The summed E-state index contributed by atoms with van der Waals surface area (Å²) >= 11 is 0. The molecular formula is C15H18FN3O. The number of nitrogens with zero attached hydrogens (tertiary/aromatic N) is 1. The molecule has 0 saturated carbocycles. The lowest BCUT2D eigenvalue weighted by Gasteiger charge is -2.24. The number of hydrogen-bond acceptors (Lipinski definition) is 3. The maximum atomic E-state index is 13.0. The molecule has 0 fully saturated rings. The van der Waals surface area contributed by atoms with Crippen LogP contribution >= 0.6 is 0 Å². The Morgan fingerprint density at radius 2 is 1.90 bits per heavy atom. The van der Waals surface area contributed by atoms with E-state index in [4.69, 9.17) is 5.73 Å². The molecule has 2 rings (SSSR count). The molecule has 0 aliphatic heterocycles. The van der Waals surface area contributed by atoms with Crippen LogP contribution in [0.3, 0.4) is 0 Å². The Kier molecular flexibility index (Phi) is 3.61. The van der Waals surface area contributed by atoms with E-state index >= 15 is 0 Å². The topological polar surface area (TPSA) is 71.8 Å². The maximum absolute atomic E-state index is 13.0. The van der Waals surface area contributed by atoms with Crippen molar-refractivity contribution in [2.45, 2.75) is 32.6 Å². The number of H-pyrrole nitrogens is 1. The van der Waals surface area contributed by atoms with Crippen LogP contribution < -0.4 is 11.3 Å². The molecule has 3 N–H and O–H groups in total. The van der Waals surface area contributed by atoms with Crippen molar-refractivity contribution in [3.63, 3.8) is 0 Å². The van der Waals surface area contributed by atoms with Crippen LogP contribution in [0.25, 0.3) is 0 Å². The number of benzene rings is 1. The van der Waals surface area contributed by atoms with Crippen LogP contribution in [0, 0.1) is 5.82 Å². The Morgan fingerprint density at radius 1 is 1.30 bits per heavy atom. The molecule has 0 aliphatic carbocycles. The Balaban J connectivity index is 2.54. The molecule has 0 unspecified atom stereocenters. The lowest BCUT2D eigenvalue weighted by atomic mass is 9.83. The monoisotopic (exact) mass is 275 g/mol. The highest BCUT2D eigenvalue weighted by atomic mass is 19.1. The van der Waals surface area contributed by atoms with Gasteiger partial charge >= 0.3 is 0 Å². The van der Waals surface area contributed by atoms with Gasteiger partial charge in [0.2, 0.25) is 0 Å². The van der Waals surface area contributed by atoms with Crippen molar-refractivity contribution in [3.05, 3.63) is 57.4 Å². The summed E-state index contributed by atoms with van der Waals surface area (Å²) in [5.74, 6) is 0.428. The largest absolute Gasteiger partial charge is 0.383 e. The summed E-state index contributed by atoms with van der Waals surface area (Å²) in [4.78, 5) is 19.1. The molecule has 106 valence electrons. The second-order valence-corrected chi connectivity index (χ2v) is 5.26. The average molecular weight is 275 g/mol. The number of anilines is 1. The minimum atomic E-state index is -0.562. The van der Waals surface area contributed by atoms with E-state index in [0.29, 0.717) is 17.8 Å². The standard InChI is InChI=1S/C15H18FN3O/c1-4-11-12(17)18-14(19-13(11)20)15(2,3)9-5-7-10(16)8-6-9/h5-8H,4H2,1-3H3,(H3,17,18,19,20). The predicted molar refractivity (Wildman–Crippen MR) is 77.2 cm³/mol. The van der Waals surface area contributed by atoms with Crippen LogP contribution in [0.1, 0.15) is 37.7 Å². The van der Waals surface area contributed by atoms with Gasteiger partial charge in [0.25, 0.3) is 5.56 Å². The molecule has 2 aromatic rings. The summed E-state index contributed by atoms with van der Waals surface area (Å²) < 4.78 is 13.0. The molecule has 1 aromatic heterocycles. The van der Waals surface area contributed by atoms with Gasteiger partial charge in [-0.25, -0.2) is 9.37 Å². The molecule has 0 spiro atoms.